The summed E-state index contributed by atoms with van der Waals surface area (Å²) in [6.45, 7) is 9.88. The molecule has 43 heavy (non-hydrogen) atoms. The van der Waals surface area contributed by atoms with Crippen molar-refractivity contribution in [3.05, 3.63) is 53.7 Å². The van der Waals surface area contributed by atoms with Gasteiger partial charge in [0, 0.05) is 31.1 Å². The maximum Gasteiger partial charge on any atom is 0.274 e. The molecule has 0 spiro atoms. The van der Waals surface area contributed by atoms with Crippen molar-refractivity contribution in [2.75, 3.05) is 13.1 Å². The van der Waals surface area contributed by atoms with Crippen molar-refractivity contribution in [3.8, 4) is 11.4 Å². The predicted octanol–water partition coefficient (Wildman–Crippen LogP) is 2.46. The molecule has 230 valence electrons. The average molecular weight is 593 g/mol. The maximum absolute atomic E-state index is 13.5. The first-order chi connectivity index (χ1) is 20.5. The van der Waals surface area contributed by atoms with E-state index in [1.807, 2.05) is 58.0 Å². The smallest absolute Gasteiger partial charge is 0.274 e. The minimum absolute atomic E-state index is 0.00234. The van der Waals surface area contributed by atoms with Gasteiger partial charge >= 0.3 is 0 Å². The molecule has 3 aromatic rings. The van der Waals surface area contributed by atoms with Gasteiger partial charge in [0.1, 0.15) is 18.4 Å². The topological polar surface area (TPSA) is 164 Å². The highest BCUT2D eigenvalue weighted by atomic mass is 16.5. The standard InChI is InChI=1S/C30H40N8O5/c1-18(2)13-23-29(41)32-20(5)28-34-27(21-9-7-6-8-10-21)35-38(28)17-25(39)31-11-12-37(26(40)14-19(3)4)16-22-15-24(36-43-22)30(42)33-23/h6-10,15,18-20,23H,11-14,16-17H2,1-5H3,(H,31,39)(H,32,41)(H,33,42)/t20-,23+/m0/s1. The predicted molar refractivity (Wildman–Crippen MR) is 157 cm³/mol. The molecule has 0 fully saturated rings. The molecule has 1 aromatic carbocycles. The first kappa shape index (κ1) is 31.4. The van der Waals surface area contributed by atoms with Crippen LogP contribution in [0.3, 0.4) is 0 Å². The minimum atomic E-state index is -0.869. The van der Waals surface area contributed by atoms with E-state index in [0.717, 1.165) is 5.56 Å². The van der Waals surface area contributed by atoms with Gasteiger partial charge in [-0.1, -0.05) is 63.2 Å². The average Bonchev–Trinajstić information content (AvgIpc) is 3.59. The SMILES string of the molecule is CC(C)CC(=O)N1CCNC(=O)Cn2nc(-c3ccccc3)nc2[C@H](C)NC(=O)[C@@H](CC(C)C)NC(=O)c2cc(on2)C1. The molecular weight excluding hydrogens is 552 g/mol. The lowest BCUT2D eigenvalue weighted by Gasteiger charge is -2.23. The Bertz CT molecular complexity index is 1430. The number of nitrogens with zero attached hydrogens (tertiary/aromatic N) is 5. The highest BCUT2D eigenvalue weighted by molar-refractivity contribution is 5.96. The van der Waals surface area contributed by atoms with Crippen LogP contribution in [0.15, 0.2) is 40.9 Å². The Morgan fingerprint density at radius 3 is 2.49 bits per heavy atom. The van der Waals surface area contributed by atoms with Gasteiger partial charge in [0.05, 0.1) is 12.6 Å². The molecule has 0 unspecified atom stereocenters. The van der Waals surface area contributed by atoms with Gasteiger partial charge in [0.2, 0.25) is 17.7 Å². The van der Waals surface area contributed by atoms with Crippen LogP contribution in [0, 0.1) is 11.8 Å². The van der Waals surface area contributed by atoms with Gasteiger partial charge in [-0.3, -0.25) is 19.2 Å². The van der Waals surface area contributed by atoms with Crippen molar-refractivity contribution in [3.63, 3.8) is 0 Å². The number of hydrogen-bond acceptors (Lipinski definition) is 8. The van der Waals surface area contributed by atoms with Crippen LogP contribution in [-0.4, -0.2) is 67.6 Å². The van der Waals surface area contributed by atoms with Crippen molar-refractivity contribution >= 4 is 23.6 Å². The Morgan fingerprint density at radius 2 is 1.79 bits per heavy atom. The molecule has 1 aliphatic heterocycles. The number of amides is 4. The van der Waals surface area contributed by atoms with E-state index in [4.69, 9.17) is 4.52 Å². The summed E-state index contributed by atoms with van der Waals surface area (Å²) in [7, 11) is 0. The molecule has 4 rings (SSSR count). The lowest BCUT2D eigenvalue weighted by molar-refractivity contribution is -0.133. The quantitative estimate of drug-likeness (QED) is 0.407. The fraction of sp³-hybridized carbons (Fsp3) is 0.500. The second kappa shape index (κ2) is 14.1. The highest BCUT2D eigenvalue weighted by Crippen LogP contribution is 2.20. The van der Waals surface area contributed by atoms with Crippen molar-refractivity contribution in [1.29, 1.82) is 0 Å². The van der Waals surface area contributed by atoms with Crippen LogP contribution in [0.2, 0.25) is 0 Å². The second-order valence-corrected chi connectivity index (χ2v) is 11.6. The zero-order valence-electron chi connectivity index (χ0n) is 25.3. The number of carbonyl (C=O) groups excluding carboxylic acids is 4. The summed E-state index contributed by atoms with van der Waals surface area (Å²) in [6.07, 6.45) is 0.681. The van der Waals surface area contributed by atoms with E-state index >= 15 is 0 Å². The van der Waals surface area contributed by atoms with E-state index in [0.29, 0.717) is 30.3 Å². The zero-order chi connectivity index (χ0) is 31.1. The summed E-state index contributed by atoms with van der Waals surface area (Å²) < 4.78 is 6.85. The molecule has 1 aliphatic rings. The molecular formula is C30H40N8O5. The van der Waals surface area contributed by atoms with E-state index < -0.39 is 23.9 Å². The van der Waals surface area contributed by atoms with Crippen molar-refractivity contribution in [2.45, 2.75) is 72.6 Å². The Morgan fingerprint density at radius 1 is 1.05 bits per heavy atom. The molecule has 2 atom stereocenters. The zero-order valence-corrected chi connectivity index (χ0v) is 25.3. The Balaban J connectivity index is 1.68. The number of rotatable bonds is 5. The largest absolute Gasteiger partial charge is 0.359 e. The number of benzene rings is 1. The number of fused-ring (bicyclic) bond motifs is 3. The lowest BCUT2D eigenvalue weighted by atomic mass is 10.0. The van der Waals surface area contributed by atoms with Crippen LogP contribution in [0.4, 0.5) is 0 Å². The van der Waals surface area contributed by atoms with E-state index in [9.17, 15) is 19.2 Å². The van der Waals surface area contributed by atoms with E-state index in [1.54, 1.807) is 11.8 Å². The van der Waals surface area contributed by atoms with E-state index in [2.05, 4.69) is 31.2 Å². The molecule has 2 bridgehead atoms. The van der Waals surface area contributed by atoms with Crippen molar-refractivity contribution in [2.24, 2.45) is 11.8 Å². The summed E-state index contributed by atoms with van der Waals surface area (Å²) >= 11 is 0. The summed E-state index contributed by atoms with van der Waals surface area (Å²) in [5.74, 6) is -0.0903. The molecule has 0 aliphatic carbocycles. The molecule has 4 amide bonds. The van der Waals surface area contributed by atoms with E-state index in [1.165, 1.54) is 10.7 Å². The first-order valence-electron chi connectivity index (χ1n) is 14.6. The van der Waals surface area contributed by atoms with Crippen LogP contribution < -0.4 is 16.0 Å². The molecule has 3 heterocycles. The second-order valence-electron chi connectivity index (χ2n) is 11.6. The number of aromatic nitrogens is 4. The molecule has 2 aromatic heterocycles. The summed E-state index contributed by atoms with van der Waals surface area (Å²) in [6, 6.07) is 9.29. The Kier molecular flexibility index (Phi) is 10.3. The maximum atomic E-state index is 13.5. The van der Waals surface area contributed by atoms with Gasteiger partial charge in [-0.25, -0.2) is 9.67 Å². The van der Waals surface area contributed by atoms with Crippen molar-refractivity contribution in [1.82, 2.24) is 40.8 Å². The van der Waals surface area contributed by atoms with Crippen LogP contribution in [0.5, 0.6) is 0 Å². The molecule has 3 N–H and O–H groups in total. The van der Waals surface area contributed by atoms with Gasteiger partial charge in [-0.2, -0.15) is 5.10 Å². The lowest BCUT2D eigenvalue weighted by Crippen LogP contribution is -2.48. The summed E-state index contributed by atoms with van der Waals surface area (Å²) in [5.41, 5.74) is 0.762. The molecule has 13 heteroatoms. The molecule has 0 saturated carbocycles. The van der Waals surface area contributed by atoms with Gasteiger partial charge in [0.25, 0.3) is 5.91 Å². The highest BCUT2D eigenvalue weighted by Gasteiger charge is 2.28. The summed E-state index contributed by atoms with van der Waals surface area (Å²) in [4.78, 5) is 58.9. The van der Waals surface area contributed by atoms with Gasteiger partial charge < -0.3 is 25.4 Å². The number of carbonyl (C=O) groups is 4. The van der Waals surface area contributed by atoms with E-state index in [-0.39, 0.29) is 55.5 Å². The molecule has 13 nitrogen and oxygen atoms in total. The molecule has 0 radical (unpaired) electrons. The normalized spacial score (nSPS) is 18.9. The van der Waals surface area contributed by atoms with Crippen LogP contribution in [-0.2, 0) is 27.5 Å². The Labute approximate surface area is 250 Å². The van der Waals surface area contributed by atoms with Gasteiger partial charge in [-0.05, 0) is 25.2 Å². The van der Waals surface area contributed by atoms with Crippen LogP contribution in [0.25, 0.3) is 11.4 Å². The van der Waals surface area contributed by atoms with Gasteiger partial charge in [-0.15, -0.1) is 0 Å². The number of nitrogens with one attached hydrogen (secondary N) is 3. The fourth-order valence-corrected chi connectivity index (χ4v) is 4.79. The van der Waals surface area contributed by atoms with Crippen LogP contribution >= 0.6 is 0 Å². The summed E-state index contributed by atoms with van der Waals surface area (Å²) in [5, 5.41) is 17.0. The monoisotopic (exact) mass is 592 g/mol. The Hall–Kier alpha value is -4.55. The first-order valence-corrected chi connectivity index (χ1v) is 14.6. The van der Waals surface area contributed by atoms with Crippen molar-refractivity contribution < 1.29 is 23.7 Å². The minimum Gasteiger partial charge on any atom is -0.359 e. The van der Waals surface area contributed by atoms with Gasteiger partial charge in [0.15, 0.2) is 17.3 Å². The third kappa shape index (κ3) is 8.49. The van der Waals surface area contributed by atoms with Crippen LogP contribution in [0.1, 0.15) is 75.6 Å². The third-order valence-electron chi connectivity index (χ3n) is 6.88. The molecule has 0 saturated heterocycles. The third-order valence-corrected chi connectivity index (χ3v) is 6.88. The number of hydrogen-bond donors (Lipinski definition) is 3. The fourth-order valence-electron chi connectivity index (χ4n) is 4.79.